The molecule has 25 heavy (non-hydrogen) atoms. The van der Waals surface area contributed by atoms with Gasteiger partial charge in [0.1, 0.15) is 0 Å². The number of carbonyl (C=O) groups excluding carboxylic acids is 1. The Morgan fingerprint density at radius 1 is 1.28 bits per heavy atom. The minimum Gasteiger partial charge on any atom is -0.354 e. The first-order valence-corrected chi connectivity index (χ1v) is 9.21. The Morgan fingerprint density at radius 2 is 2.08 bits per heavy atom. The smallest absolute Gasteiger partial charge is 0.237 e. The number of nitrogens with one attached hydrogen (secondary N) is 1. The van der Waals surface area contributed by atoms with E-state index in [1.807, 2.05) is 30.1 Å². The number of carbonyl (C=O) groups is 1. The summed E-state index contributed by atoms with van der Waals surface area (Å²) in [4.78, 5) is 14.9. The molecule has 1 N–H and O–H groups in total. The van der Waals surface area contributed by atoms with Crippen LogP contribution in [0.15, 0.2) is 42.7 Å². The van der Waals surface area contributed by atoms with Crippen LogP contribution in [0.1, 0.15) is 30.9 Å². The van der Waals surface area contributed by atoms with E-state index in [0.717, 1.165) is 32.6 Å². The summed E-state index contributed by atoms with van der Waals surface area (Å²) in [5.41, 5.74) is 2.98. The van der Waals surface area contributed by atoms with Gasteiger partial charge in [-0.15, -0.1) is 0 Å². The molecule has 0 radical (unpaired) electrons. The van der Waals surface area contributed by atoms with Crippen LogP contribution in [0.3, 0.4) is 0 Å². The molecule has 0 bridgehead atoms. The number of nitrogens with zero attached hydrogens (tertiary/aromatic N) is 3. The van der Waals surface area contributed by atoms with E-state index in [1.54, 1.807) is 0 Å². The van der Waals surface area contributed by atoms with Crippen molar-refractivity contribution in [3.05, 3.63) is 53.9 Å². The lowest BCUT2D eigenvalue weighted by Crippen LogP contribution is -2.48. The number of benzene rings is 1. The zero-order valence-corrected chi connectivity index (χ0v) is 14.8. The summed E-state index contributed by atoms with van der Waals surface area (Å²) in [5.74, 6) is 0.145. The Kier molecular flexibility index (Phi) is 4.34. The van der Waals surface area contributed by atoms with Crippen molar-refractivity contribution >= 4 is 5.91 Å². The second kappa shape index (κ2) is 6.64. The fourth-order valence-corrected chi connectivity index (χ4v) is 3.74. The standard InChI is InChI=1S/C20H26N4O/c1-16(23-12-7-17-5-2-3-6-18(17)13-23)19(25)21-14-20(8-9-20)15-24-11-4-10-22-24/h2-6,10-11,16H,7-9,12-15H2,1H3,(H,21,25)/t16-/m0/s1. The summed E-state index contributed by atoms with van der Waals surface area (Å²) in [7, 11) is 0. The quantitative estimate of drug-likeness (QED) is 0.879. The van der Waals surface area contributed by atoms with Gasteiger partial charge in [-0.05, 0) is 43.4 Å². The molecule has 1 fully saturated rings. The van der Waals surface area contributed by atoms with Crippen molar-refractivity contribution in [3.8, 4) is 0 Å². The number of fused-ring (bicyclic) bond motifs is 1. The van der Waals surface area contributed by atoms with Gasteiger partial charge in [0.05, 0.1) is 6.04 Å². The van der Waals surface area contributed by atoms with Crippen LogP contribution >= 0.6 is 0 Å². The van der Waals surface area contributed by atoms with E-state index in [0.29, 0.717) is 0 Å². The number of amides is 1. The zero-order valence-electron chi connectivity index (χ0n) is 14.8. The molecule has 132 valence electrons. The molecule has 0 unspecified atom stereocenters. The van der Waals surface area contributed by atoms with E-state index in [9.17, 15) is 4.79 Å². The van der Waals surface area contributed by atoms with Crippen molar-refractivity contribution < 1.29 is 4.79 Å². The maximum Gasteiger partial charge on any atom is 0.237 e. The average molecular weight is 338 g/mol. The second-order valence-corrected chi connectivity index (χ2v) is 7.59. The van der Waals surface area contributed by atoms with Crippen LogP contribution in [0.25, 0.3) is 0 Å². The summed E-state index contributed by atoms with van der Waals surface area (Å²) in [6.45, 7) is 5.48. The maximum atomic E-state index is 12.7. The van der Waals surface area contributed by atoms with Gasteiger partial charge in [-0.1, -0.05) is 24.3 Å². The van der Waals surface area contributed by atoms with Crippen LogP contribution in [-0.2, 0) is 24.3 Å². The lowest BCUT2D eigenvalue weighted by Gasteiger charge is -2.33. The largest absolute Gasteiger partial charge is 0.354 e. The predicted molar refractivity (Wildman–Crippen MR) is 96.9 cm³/mol. The van der Waals surface area contributed by atoms with Gasteiger partial charge >= 0.3 is 0 Å². The fraction of sp³-hybridized carbons (Fsp3) is 0.500. The number of hydrogen-bond donors (Lipinski definition) is 1. The molecule has 1 saturated carbocycles. The first-order valence-electron chi connectivity index (χ1n) is 9.21. The summed E-state index contributed by atoms with van der Waals surface area (Å²) in [6, 6.07) is 10.4. The Labute approximate surface area is 149 Å². The van der Waals surface area contributed by atoms with Crippen LogP contribution in [0.5, 0.6) is 0 Å². The molecule has 4 rings (SSSR count). The molecule has 0 spiro atoms. The third kappa shape index (κ3) is 3.61. The monoisotopic (exact) mass is 338 g/mol. The summed E-state index contributed by atoms with van der Waals surface area (Å²) >= 11 is 0. The Balaban J connectivity index is 1.31. The third-order valence-electron chi connectivity index (χ3n) is 5.74. The zero-order chi connectivity index (χ0) is 17.3. The lowest BCUT2D eigenvalue weighted by atomic mass is 9.98. The minimum absolute atomic E-state index is 0.0890. The normalized spacial score (nSPS) is 19.9. The van der Waals surface area contributed by atoms with E-state index in [2.05, 4.69) is 39.6 Å². The van der Waals surface area contributed by atoms with Gasteiger partial charge in [-0.25, -0.2) is 0 Å². The molecule has 5 nitrogen and oxygen atoms in total. The molecule has 1 atom stereocenters. The Hall–Kier alpha value is -2.14. The van der Waals surface area contributed by atoms with E-state index >= 15 is 0 Å². The number of hydrogen-bond acceptors (Lipinski definition) is 3. The van der Waals surface area contributed by atoms with Gasteiger partial charge in [0, 0.05) is 44.0 Å². The second-order valence-electron chi connectivity index (χ2n) is 7.59. The molecule has 2 aliphatic rings. The van der Waals surface area contributed by atoms with Crippen molar-refractivity contribution in [2.24, 2.45) is 5.41 Å². The first-order chi connectivity index (χ1) is 12.2. The lowest BCUT2D eigenvalue weighted by molar-refractivity contribution is -0.126. The highest BCUT2D eigenvalue weighted by molar-refractivity contribution is 5.81. The van der Waals surface area contributed by atoms with Crippen LogP contribution in [0.4, 0.5) is 0 Å². The highest BCUT2D eigenvalue weighted by Crippen LogP contribution is 2.46. The van der Waals surface area contributed by atoms with E-state index in [-0.39, 0.29) is 17.4 Å². The van der Waals surface area contributed by atoms with E-state index < -0.39 is 0 Å². The molecular formula is C20H26N4O. The van der Waals surface area contributed by atoms with Gasteiger partial charge in [0.25, 0.3) is 0 Å². The Morgan fingerprint density at radius 3 is 2.80 bits per heavy atom. The molecule has 1 aromatic carbocycles. The highest BCUT2D eigenvalue weighted by atomic mass is 16.2. The topological polar surface area (TPSA) is 50.2 Å². The van der Waals surface area contributed by atoms with Gasteiger partial charge in [-0.3, -0.25) is 14.4 Å². The van der Waals surface area contributed by atoms with Gasteiger partial charge in [0.2, 0.25) is 5.91 Å². The summed E-state index contributed by atoms with van der Waals surface area (Å²) < 4.78 is 1.98. The van der Waals surface area contributed by atoms with E-state index in [1.165, 1.54) is 24.0 Å². The molecular weight excluding hydrogens is 312 g/mol. The SMILES string of the molecule is C[C@@H](C(=O)NCC1(Cn2cccn2)CC1)N1CCc2ccccc2C1. The number of rotatable bonds is 6. The number of aromatic nitrogens is 2. The van der Waals surface area contributed by atoms with E-state index in [4.69, 9.17) is 0 Å². The average Bonchev–Trinajstić information content (AvgIpc) is 3.21. The molecule has 1 aromatic heterocycles. The summed E-state index contributed by atoms with van der Waals surface area (Å²) in [5, 5.41) is 7.49. The maximum absolute atomic E-state index is 12.7. The molecule has 2 heterocycles. The van der Waals surface area contributed by atoms with Crippen molar-refractivity contribution in [1.82, 2.24) is 20.0 Å². The summed E-state index contributed by atoms with van der Waals surface area (Å²) in [6.07, 6.45) is 7.16. The van der Waals surface area contributed by atoms with Crippen LogP contribution in [0, 0.1) is 5.41 Å². The predicted octanol–water partition coefficient (Wildman–Crippen LogP) is 2.23. The molecule has 1 aliphatic heterocycles. The molecule has 1 aliphatic carbocycles. The molecule has 5 heteroatoms. The van der Waals surface area contributed by atoms with Gasteiger partial charge < -0.3 is 5.32 Å². The van der Waals surface area contributed by atoms with Crippen molar-refractivity contribution in [1.29, 1.82) is 0 Å². The third-order valence-corrected chi connectivity index (χ3v) is 5.74. The first kappa shape index (κ1) is 16.3. The van der Waals surface area contributed by atoms with Crippen molar-refractivity contribution in [2.45, 2.75) is 45.3 Å². The molecule has 2 aromatic rings. The van der Waals surface area contributed by atoms with Crippen molar-refractivity contribution in [3.63, 3.8) is 0 Å². The molecule has 1 amide bonds. The van der Waals surface area contributed by atoms with Crippen LogP contribution in [0.2, 0.25) is 0 Å². The minimum atomic E-state index is -0.0890. The highest BCUT2D eigenvalue weighted by Gasteiger charge is 2.43. The van der Waals surface area contributed by atoms with Crippen LogP contribution in [-0.4, -0.2) is 39.7 Å². The fourth-order valence-electron chi connectivity index (χ4n) is 3.74. The van der Waals surface area contributed by atoms with Crippen LogP contribution < -0.4 is 5.32 Å². The van der Waals surface area contributed by atoms with Gasteiger partial charge in [-0.2, -0.15) is 5.10 Å². The molecule has 0 saturated heterocycles. The van der Waals surface area contributed by atoms with Gasteiger partial charge in [0.15, 0.2) is 0 Å². The van der Waals surface area contributed by atoms with Crippen molar-refractivity contribution in [2.75, 3.05) is 13.1 Å². The Bertz CT molecular complexity index is 736.